The summed E-state index contributed by atoms with van der Waals surface area (Å²) in [6.07, 6.45) is 0.680. The van der Waals surface area contributed by atoms with Crippen LogP contribution in [0.5, 0.6) is 17.2 Å². The molecule has 3 unspecified atom stereocenters. The van der Waals surface area contributed by atoms with Gasteiger partial charge in [0.1, 0.15) is 55.4 Å². The van der Waals surface area contributed by atoms with Crippen LogP contribution >= 0.6 is 0 Å². The zero-order chi connectivity index (χ0) is 26.3. The zero-order valence-corrected chi connectivity index (χ0v) is 22.6. The number of benzene rings is 3. The standard InChI is InChI=1S/C32H36O6/c1-20-11-23(5-8-29(20)36-17-26-14-33-26)32(4,24-6-9-30(21(2)12-24)37-18-27-15-34-27)25-7-10-31(22(3)13-25)38-19-28-16-35-28/h5-13,26-28H,14-19H2,1-4H3. The minimum Gasteiger partial charge on any atom is -0.491 e. The number of ether oxygens (including phenoxy) is 6. The highest BCUT2D eigenvalue weighted by Crippen LogP contribution is 2.43. The number of rotatable bonds is 12. The average molecular weight is 517 g/mol. The van der Waals surface area contributed by atoms with Crippen molar-refractivity contribution >= 4 is 0 Å². The first-order valence-electron chi connectivity index (χ1n) is 13.5. The molecule has 3 atom stereocenters. The smallest absolute Gasteiger partial charge is 0.122 e. The van der Waals surface area contributed by atoms with Crippen molar-refractivity contribution < 1.29 is 28.4 Å². The molecule has 3 saturated heterocycles. The molecule has 0 saturated carbocycles. The van der Waals surface area contributed by atoms with Crippen LogP contribution in [0.4, 0.5) is 0 Å². The maximum atomic E-state index is 6.03. The van der Waals surface area contributed by atoms with Crippen LogP contribution in [0.3, 0.4) is 0 Å². The molecule has 0 aromatic heterocycles. The van der Waals surface area contributed by atoms with E-state index in [1.807, 2.05) is 0 Å². The maximum Gasteiger partial charge on any atom is 0.122 e. The topological polar surface area (TPSA) is 65.3 Å². The van der Waals surface area contributed by atoms with Gasteiger partial charge in [-0.2, -0.15) is 0 Å². The molecule has 3 aromatic rings. The molecule has 6 heteroatoms. The van der Waals surface area contributed by atoms with Crippen molar-refractivity contribution in [2.45, 2.75) is 51.4 Å². The number of epoxide rings is 3. The normalized spacial score (nSPS) is 22.9. The van der Waals surface area contributed by atoms with E-state index >= 15 is 0 Å². The Balaban J connectivity index is 1.35. The van der Waals surface area contributed by atoms with Crippen molar-refractivity contribution in [2.24, 2.45) is 0 Å². The van der Waals surface area contributed by atoms with E-state index in [0.29, 0.717) is 19.8 Å². The summed E-state index contributed by atoms with van der Waals surface area (Å²) in [5, 5.41) is 0. The Morgan fingerprint density at radius 2 is 0.868 bits per heavy atom. The Bertz CT molecular complexity index is 1150. The molecule has 38 heavy (non-hydrogen) atoms. The van der Waals surface area contributed by atoms with Gasteiger partial charge in [0.25, 0.3) is 0 Å². The van der Waals surface area contributed by atoms with Crippen LogP contribution in [0.15, 0.2) is 54.6 Å². The van der Waals surface area contributed by atoms with Gasteiger partial charge in [0.05, 0.1) is 19.8 Å². The highest BCUT2D eigenvalue weighted by atomic mass is 16.6. The van der Waals surface area contributed by atoms with Crippen molar-refractivity contribution in [1.82, 2.24) is 0 Å². The Kier molecular flexibility index (Phi) is 6.81. The highest BCUT2D eigenvalue weighted by molar-refractivity contribution is 5.55. The van der Waals surface area contributed by atoms with Crippen molar-refractivity contribution in [2.75, 3.05) is 39.6 Å². The van der Waals surface area contributed by atoms with Gasteiger partial charge in [-0.25, -0.2) is 0 Å². The monoisotopic (exact) mass is 516 g/mol. The molecule has 3 aliphatic rings. The summed E-state index contributed by atoms with van der Waals surface area (Å²) in [4.78, 5) is 0. The predicted octanol–water partition coefficient (Wildman–Crippen LogP) is 5.30. The molecule has 3 aromatic carbocycles. The minimum atomic E-state index is -0.408. The van der Waals surface area contributed by atoms with Gasteiger partial charge in [-0.15, -0.1) is 0 Å². The van der Waals surface area contributed by atoms with Crippen LogP contribution < -0.4 is 14.2 Å². The van der Waals surface area contributed by atoms with Crippen molar-refractivity contribution in [3.8, 4) is 17.2 Å². The summed E-state index contributed by atoms with van der Waals surface area (Å²) in [7, 11) is 0. The van der Waals surface area contributed by atoms with Gasteiger partial charge in [-0.1, -0.05) is 36.4 Å². The summed E-state index contributed by atoms with van der Waals surface area (Å²) in [6, 6.07) is 19.6. The largest absolute Gasteiger partial charge is 0.491 e. The van der Waals surface area contributed by atoms with Crippen LogP contribution in [0.1, 0.15) is 40.3 Å². The second-order valence-corrected chi connectivity index (χ2v) is 10.9. The van der Waals surface area contributed by atoms with E-state index in [0.717, 1.165) is 53.8 Å². The molecule has 3 heterocycles. The minimum absolute atomic E-state index is 0.227. The molecule has 200 valence electrons. The van der Waals surface area contributed by atoms with Crippen molar-refractivity contribution in [3.05, 3.63) is 88.0 Å². The van der Waals surface area contributed by atoms with Gasteiger partial charge in [0.15, 0.2) is 0 Å². The van der Waals surface area contributed by atoms with E-state index in [1.54, 1.807) is 0 Å². The molecular weight excluding hydrogens is 480 g/mol. The second kappa shape index (κ2) is 10.3. The van der Waals surface area contributed by atoms with E-state index < -0.39 is 5.41 Å². The fraction of sp³-hybridized carbons (Fsp3) is 0.438. The molecule has 0 amide bonds. The Labute approximate surface area is 224 Å². The number of aryl methyl sites for hydroxylation is 3. The summed E-state index contributed by atoms with van der Waals surface area (Å²) < 4.78 is 34.0. The SMILES string of the molecule is Cc1cc(C(C)(c2ccc(OCC3CO3)c(C)c2)c2ccc(OCC3CO3)c(C)c2)ccc1OCC1CO1. The van der Waals surface area contributed by atoms with Crippen molar-refractivity contribution in [3.63, 3.8) is 0 Å². The fourth-order valence-corrected chi connectivity index (χ4v) is 4.91. The lowest BCUT2D eigenvalue weighted by Crippen LogP contribution is -2.26. The molecule has 0 aliphatic carbocycles. The summed E-state index contributed by atoms with van der Waals surface area (Å²) in [6.45, 7) is 12.8. The van der Waals surface area contributed by atoms with Crippen LogP contribution in [0, 0.1) is 20.8 Å². The van der Waals surface area contributed by atoms with E-state index in [2.05, 4.69) is 82.3 Å². The molecule has 0 spiro atoms. The number of hydrogen-bond acceptors (Lipinski definition) is 6. The lowest BCUT2D eigenvalue weighted by molar-refractivity contribution is 0.261. The third-order valence-corrected chi connectivity index (χ3v) is 7.74. The maximum absolute atomic E-state index is 6.03. The van der Waals surface area contributed by atoms with Gasteiger partial charge < -0.3 is 28.4 Å². The van der Waals surface area contributed by atoms with E-state index in [4.69, 9.17) is 28.4 Å². The lowest BCUT2D eigenvalue weighted by Gasteiger charge is -2.33. The molecule has 0 radical (unpaired) electrons. The molecule has 3 fully saturated rings. The zero-order valence-electron chi connectivity index (χ0n) is 22.6. The fourth-order valence-electron chi connectivity index (χ4n) is 4.91. The predicted molar refractivity (Wildman–Crippen MR) is 145 cm³/mol. The average Bonchev–Trinajstić information content (AvgIpc) is 3.74. The Morgan fingerprint density at radius 1 is 0.579 bits per heavy atom. The molecular formula is C32H36O6. The molecule has 0 bridgehead atoms. The van der Waals surface area contributed by atoms with Gasteiger partial charge in [-0.05, 0) is 79.3 Å². The van der Waals surface area contributed by atoms with E-state index in [9.17, 15) is 0 Å². The van der Waals surface area contributed by atoms with Gasteiger partial charge in [-0.3, -0.25) is 0 Å². The molecule has 6 rings (SSSR count). The van der Waals surface area contributed by atoms with Gasteiger partial charge in [0.2, 0.25) is 0 Å². The summed E-state index contributed by atoms with van der Waals surface area (Å²) in [5.74, 6) is 2.70. The Hall–Kier alpha value is -3.06. The first-order valence-corrected chi connectivity index (χ1v) is 13.5. The first kappa shape index (κ1) is 25.2. The van der Waals surface area contributed by atoms with E-state index in [-0.39, 0.29) is 18.3 Å². The van der Waals surface area contributed by atoms with Crippen LogP contribution in [-0.2, 0) is 19.6 Å². The van der Waals surface area contributed by atoms with Crippen LogP contribution in [0.2, 0.25) is 0 Å². The number of hydrogen-bond donors (Lipinski definition) is 0. The quantitative estimate of drug-likeness (QED) is 0.241. The Morgan fingerprint density at radius 3 is 1.11 bits per heavy atom. The van der Waals surface area contributed by atoms with E-state index in [1.165, 1.54) is 16.7 Å². The van der Waals surface area contributed by atoms with Gasteiger partial charge in [0, 0.05) is 5.41 Å². The first-order chi connectivity index (χ1) is 18.4. The van der Waals surface area contributed by atoms with Crippen LogP contribution in [-0.4, -0.2) is 58.0 Å². The van der Waals surface area contributed by atoms with Crippen LogP contribution in [0.25, 0.3) is 0 Å². The highest BCUT2D eigenvalue weighted by Gasteiger charge is 2.33. The summed E-state index contributed by atoms with van der Waals surface area (Å²) in [5.41, 5.74) is 6.51. The third-order valence-electron chi connectivity index (χ3n) is 7.74. The molecule has 6 nitrogen and oxygen atoms in total. The summed E-state index contributed by atoms with van der Waals surface area (Å²) >= 11 is 0. The second-order valence-electron chi connectivity index (χ2n) is 10.9. The molecule has 3 aliphatic heterocycles. The third kappa shape index (κ3) is 5.53. The van der Waals surface area contributed by atoms with Crippen molar-refractivity contribution in [1.29, 1.82) is 0 Å². The molecule has 0 N–H and O–H groups in total. The lowest BCUT2D eigenvalue weighted by atomic mass is 9.70. The van der Waals surface area contributed by atoms with Gasteiger partial charge >= 0.3 is 0 Å².